The van der Waals surface area contributed by atoms with E-state index in [1.807, 2.05) is 13.8 Å². The van der Waals surface area contributed by atoms with Gasteiger partial charge in [-0.05, 0) is 27.7 Å². The molecule has 0 saturated carbocycles. The Balaban J connectivity index is 2.77. The molecule has 0 aromatic heterocycles. The lowest BCUT2D eigenvalue weighted by molar-refractivity contribution is -0.164. The third-order valence-corrected chi connectivity index (χ3v) is 2.78. The maximum absolute atomic E-state index is 12.0. The Morgan fingerprint density at radius 2 is 1.69 bits per heavy atom. The van der Waals surface area contributed by atoms with E-state index in [2.05, 4.69) is 0 Å². The van der Waals surface area contributed by atoms with Crippen LogP contribution in [0.2, 0.25) is 0 Å². The number of aliphatic carboxylic acids is 1. The van der Waals surface area contributed by atoms with E-state index in [4.69, 9.17) is 9.84 Å². The highest BCUT2D eigenvalue weighted by atomic mass is 16.5. The van der Waals surface area contributed by atoms with E-state index < -0.39 is 11.4 Å². The Labute approximate surface area is 95.4 Å². The lowest BCUT2D eigenvalue weighted by Gasteiger charge is -2.38. The van der Waals surface area contributed by atoms with Crippen LogP contribution in [-0.4, -0.2) is 47.2 Å². The normalized spacial score (nSPS) is 26.6. The molecule has 1 N–H and O–H groups in total. The fourth-order valence-electron chi connectivity index (χ4n) is 1.83. The lowest BCUT2D eigenvalue weighted by Crippen LogP contribution is -2.53. The number of morpholine rings is 1. The first-order valence-electron chi connectivity index (χ1n) is 5.43. The Bertz CT molecular complexity index is 290. The molecule has 1 fully saturated rings. The molecule has 1 aliphatic rings. The van der Waals surface area contributed by atoms with Crippen molar-refractivity contribution in [3.05, 3.63) is 0 Å². The van der Waals surface area contributed by atoms with Gasteiger partial charge in [-0.15, -0.1) is 0 Å². The van der Waals surface area contributed by atoms with Crippen molar-refractivity contribution in [2.45, 2.75) is 39.9 Å². The van der Waals surface area contributed by atoms with Gasteiger partial charge in [0.05, 0.1) is 12.2 Å². The van der Waals surface area contributed by atoms with Gasteiger partial charge in [0.25, 0.3) is 0 Å². The van der Waals surface area contributed by atoms with Gasteiger partial charge >= 0.3 is 5.97 Å². The molecule has 0 spiro atoms. The average molecular weight is 229 g/mol. The van der Waals surface area contributed by atoms with Crippen molar-refractivity contribution in [3.8, 4) is 0 Å². The molecule has 1 saturated heterocycles. The smallest absolute Gasteiger partial charge is 0.318 e. The van der Waals surface area contributed by atoms with Crippen LogP contribution in [0, 0.1) is 5.41 Å². The van der Waals surface area contributed by atoms with Crippen LogP contribution in [0.3, 0.4) is 0 Å². The molecule has 1 aliphatic heterocycles. The molecule has 0 unspecified atom stereocenters. The quantitative estimate of drug-likeness (QED) is 0.709. The second kappa shape index (κ2) is 4.41. The maximum Gasteiger partial charge on any atom is 0.318 e. The van der Waals surface area contributed by atoms with E-state index in [1.165, 1.54) is 13.8 Å². The van der Waals surface area contributed by atoms with Crippen molar-refractivity contribution in [2.75, 3.05) is 13.1 Å². The predicted octanol–water partition coefficient (Wildman–Crippen LogP) is 0.733. The molecule has 0 aromatic rings. The first kappa shape index (κ1) is 13.0. The molecule has 2 atom stereocenters. The van der Waals surface area contributed by atoms with Crippen LogP contribution < -0.4 is 0 Å². The van der Waals surface area contributed by atoms with Crippen LogP contribution in [-0.2, 0) is 14.3 Å². The second-order valence-electron chi connectivity index (χ2n) is 4.90. The van der Waals surface area contributed by atoms with Crippen molar-refractivity contribution >= 4 is 11.9 Å². The van der Waals surface area contributed by atoms with Gasteiger partial charge in [0, 0.05) is 13.1 Å². The van der Waals surface area contributed by atoms with Crippen molar-refractivity contribution in [1.29, 1.82) is 0 Å². The number of amides is 1. The molecule has 1 rings (SSSR count). The summed E-state index contributed by atoms with van der Waals surface area (Å²) in [7, 11) is 0. The van der Waals surface area contributed by atoms with E-state index in [1.54, 1.807) is 4.90 Å². The summed E-state index contributed by atoms with van der Waals surface area (Å²) in [5, 5.41) is 9.00. The summed E-state index contributed by atoms with van der Waals surface area (Å²) >= 11 is 0. The number of carbonyl (C=O) groups is 2. The summed E-state index contributed by atoms with van der Waals surface area (Å²) in [5.74, 6) is -1.44. The third kappa shape index (κ3) is 2.52. The predicted molar refractivity (Wildman–Crippen MR) is 58.0 cm³/mol. The van der Waals surface area contributed by atoms with Crippen LogP contribution in [0.15, 0.2) is 0 Å². The Morgan fingerprint density at radius 3 is 2.06 bits per heavy atom. The van der Waals surface area contributed by atoms with Crippen LogP contribution >= 0.6 is 0 Å². The van der Waals surface area contributed by atoms with Crippen molar-refractivity contribution in [3.63, 3.8) is 0 Å². The van der Waals surface area contributed by atoms with E-state index in [9.17, 15) is 9.59 Å². The minimum Gasteiger partial charge on any atom is -0.480 e. The number of carbonyl (C=O) groups excluding carboxylic acids is 1. The molecule has 1 amide bonds. The molecule has 1 heterocycles. The summed E-state index contributed by atoms with van der Waals surface area (Å²) in [6.45, 7) is 7.54. The van der Waals surface area contributed by atoms with Crippen LogP contribution in [0.25, 0.3) is 0 Å². The SMILES string of the molecule is C[C@@H]1CN(C(=O)C(C)(C)C(=O)O)C[C@H](C)O1. The van der Waals surface area contributed by atoms with Crippen LogP contribution in [0.4, 0.5) is 0 Å². The first-order chi connectivity index (χ1) is 7.25. The lowest BCUT2D eigenvalue weighted by atomic mass is 9.91. The third-order valence-electron chi connectivity index (χ3n) is 2.78. The molecule has 0 aliphatic carbocycles. The topological polar surface area (TPSA) is 66.8 Å². The van der Waals surface area contributed by atoms with Gasteiger partial charge in [0.1, 0.15) is 5.41 Å². The number of ether oxygens (including phenoxy) is 1. The minimum absolute atomic E-state index is 0.0442. The van der Waals surface area contributed by atoms with Crippen LogP contribution in [0.5, 0.6) is 0 Å². The number of hydrogen-bond donors (Lipinski definition) is 1. The van der Waals surface area contributed by atoms with Gasteiger partial charge in [-0.2, -0.15) is 0 Å². The molecule has 92 valence electrons. The molecule has 0 bridgehead atoms. The van der Waals surface area contributed by atoms with Gasteiger partial charge in [-0.25, -0.2) is 0 Å². The fraction of sp³-hybridized carbons (Fsp3) is 0.818. The van der Waals surface area contributed by atoms with Crippen molar-refractivity contribution in [1.82, 2.24) is 4.90 Å². The van der Waals surface area contributed by atoms with E-state index >= 15 is 0 Å². The minimum atomic E-state index is -1.36. The van der Waals surface area contributed by atoms with Crippen LogP contribution in [0.1, 0.15) is 27.7 Å². The summed E-state index contributed by atoms with van der Waals surface area (Å²) in [5.41, 5.74) is -1.36. The fourth-order valence-corrected chi connectivity index (χ4v) is 1.83. The van der Waals surface area contributed by atoms with E-state index in [0.29, 0.717) is 13.1 Å². The van der Waals surface area contributed by atoms with Gasteiger partial charge in [0.2, 0.25) is 5.91 Å². The van der Waals surface area contributed by atoms with Crippen molar-refractivity contribution in [2.24, 2.45) is 5.41 Å². The molecule has 0 radical (unpaired) electrons. The number of nitrogens with zero attached hydrogens (tertiary/aromatic N) is 1. The summed E-state index contributed by atoms with van der Waals surface area (Å²) in [4.78, 5) is 24.6. The Hall–Kier alpha value is -1.10. The monoisotopic (exact) mass is 229 g/mol. The number of rotatable bonds is 2. The van der Waals surface area contributed by atoms with Gasteiger partial charge < -0.3 is 14.7 Å². The Morgan fingerprint density at radius 1 is 1.25 bits per heavy atom. The average Bonchev–Trinajstić information content (AvgIpc) is 2.14. The molecule has 16 heavy (non-hydrogen) atoms. The second-order valence-corrected chi connectivity index (χ2v) is 4.90. The summed E-state index contributed by atoms with van der Waals surface area (Å²) in [6, 6.07) is 0. The number of hydrogen-bond acceptors (Lipinski definition) is 3. The van der Waals surface area contributed by atoms with Gasteiger partial charge in [-0.1, -0.05) is 0 Å². The van der Waals surface area contributed by atoms with Crippen molar-refractivity contribution < 1.29 is 19.4 Å². The zero-order valence-electron chi connectivity index (χ0n) is 10.2. The summed E-state index contributed by atoms with van der Waals surface area (Å²) < 4.78 is 5.50. The maximum atomic E-state index is 12.0. The zero-order chi connectivity index (χ0) is 12.5. The first-order valence-corrected chi connectivity index (χ1v) is 5.43. The molecule has 5 heteroatoms. The highest BCUT2D eigenvalue weighted by molar-refractivity contribution is 6.01. The van der Waals surface area contributed by atoms with E-state index in [-0.39, 0.29) is 18.1 Å². The Kier molecular flexibility index (Phi) is 3.57. The number of carboxylic acid groups (broad SMARTS) is 1. The standard InChI is InChI=1S/C11H19NO4/c1-7-5-12(6-8(2)16-7)9(13)11(3,4)10(14)15/h7-8H,5-6H2,1-4H3,(H,14,15)/t7-,8+. The van der Waals surface area contributed by atoms with Gasteiger partial charge in [-0.3, -0.25) is 9.59 Å². The zero-order valence-corrected chi connectivity index (χ0v) is 10.2. The summed E-state index contributed by atoms with van der Waals surface area (Å²) in [6.07, 6.45) is -0.0883. The number of carboxylic acids is 1. The molecule has 5 nitrogen and oxygen atoms in total. The van der Waals surface area contributed by atoms with E-state index in [0.717, 1.165) is 0 Å². The highest BCUT2D eigenvalue weighted by Crippen LogP contribution is 2.22. The molecule has 0 aromatic carbocycles. The molecular formula is C11H19NO4. The van der Waals surface area contributed by atoms with Gasteiger partial charge in [0.15, 0.2) is 0 Å². The highest BCUT2D eigenvalue weighted by Gasteiger charge is 2.41. The molecular weight excluding hydrogens is 210 g/mol. The largest absolute Gasteiger partial charge is 0.480 e.